The molecule has 1 aliphatic rings. The highest BCUT2D eigenvalue weighted by molar-refractivity contribution is 5.26. The van der Waals surface area contributed by atoms with Crippen LogP contribution in [0.4, 0.5) is 0 Å². The number of hydrogen-bond donors (Lipinski definition) is 2. The summed E-state index contributed by atoms with van der Waals surface area (Å²) in [5.41, 5.74) is 5.69. The van der Waals surface area contributed by atoms with Crippen molar-refractivity contribution in [2.45, 2.75) is 31.8 Å². The fourth-order valence-corrected chi connectivity index (χ4v) is 3.11. The molecule has 3 heteroatoms. The molecule has 1 saturated heterocycles. The molecule has 2 rings (SSSR count). The van der Waals surface area contributed by atoms with Gasteiger partial charge in [0.1, 0.15) is 0 Å². The Labute approximate surface area is 109 Å². The number of ether oxygens (including phenoxy) is 1. The summed E-state index contributed by atoms with van der Waals surface area (Å²) in [5, 5.41) is 11.2. The first-order valence-corrected chi connectivity index (χ1v) is 6.74. The van der Waals surface area contributed by atoms with E-state index in [0.29, 0.717) is 19.6 Å². The van der Waals surface area contributed by atoms with Gasteiger partial charge in [0.15, 0.2) is 0 Å². The van der Waals surface area contributed by atoms with E-state index >= 15 is 0 Å². The Bertz CT molecular complexity index is 373. The predicted octanol–water partition coefficient (Wildman–Crippen LogP) is 2.04. The summed E-state index contributed by atoms with van der Waals surface area (Å²) >= 11 is 0. The van der Waals surface area contributed by atoms with Crippen LogP contribution in [0.15, 0.2) is 30.3 Å². The number of nitrogens with two attached hydrogens (primary N) is 1. The quantitative estimate of drug-likeness (QED) is 0.858. The van der Waals surface area contributed by atoms with Gasteiger partial charge in [-0.05, 0) is 24.8 Å². The Morgan fingerprint density at radius 3 is 2.61 bits per heavy atom. The fourth-order valence-electron chi connectivity index (χ4n) is 3.11. The van der Waals surface area contributed by atoms with Gasteiger partial charge in [-0.2, -0.15) is 0 Å². The zero-order chi connectivity index (χ0) is 13.1. The smallest absolute Gasteiger partial charge is 0.0984 e. The van der Waals surface area contributed by atoms with Crippen LogP contribution in [0.25, 0.3) is 0 Å². The maximum absolute atomic E-state index is 11.2. The van der Waals surface area contributed by atoms with Crippen LogP contribution in [-0.4, -0.2) is 24.9 Å². The molecule has 0 amide bonds. The minimum atomic E-state index is -0.899. The van der Waals surface area contributed by atoms with Gasteiger partial charge in [-0.25, -0.2) is 0 Å². The summed E-state index contributed by atoms with van der Waals surface area (Å²) in [5.74, 6) is 0. The van der Waals surface area contributed by atoms with Crippen LogP contribution in [-0.2, 0) is 10.3 Å². The maximum atomic E-state index is 11.2. The Hall–Kier alpha value is -0.900. The first-order valence-electron chi connectivity index (χ1n) is 6.74. The van der Waals surface area contributed by atoms with E-state index in [1.165, 1.54) is 0 Å². The van der Waals surface area contributed by atoms with Crippen LogP contribution in [0.1, 0.15) is 31.7 Å². The number of rotatable bonds is 4. The molecule has 3 nitrogen and oxygen atoms in total. The van der Waals surface area contributed by atoms with E-state index in [4.69, 9.17) is 10.5 Å². The highest BCUT2D eigenvalue weighted by Gasteiger charge is 2.50. The molecule has 0 radical (unpaired) electrons. The normalized spacial score (nSPS) is 27.7. The van der Waals surface area contributed by atoms with E-state index in [9.17, 15) is 5.11 Å². The monoisotopic (exact) mass is 249 g/mol. The van der Waals surface area contributed by atoms with Crippen molar-refractivity contribution in [3.05, 3.63) is 35.9 Å². The molecule has 3 N–H and O–H groups in total. The van der Waals surface area contributed by atoms with Gasteiger partial charge in [0, 0.05) is 18.6 Å². The third kappa shape index (κ3) is 2.07. The molecule has 0 bridgehead atoms. The summed E-state index contributed by atoms with van der Waals surface area (Å²) < 4.78 is 5.61. The number of hydrogen-bond acceptors (Lipinski definition) is 3. The highest BCUT2D eigenvalue weighted by atomic mass is 16.5. The summed E-state index contributed by atoms with van der Waals surface area (Å²) in [6, 6.07) is 9.85. The topological polar surface area (TPSA) is 55.5 Å². The van der Waals surface area contributed by atoms with Crippen molar-refractivity contribution in [2.24, 2.45) is 11.1 Å². The molecular formula is C15H23NO2. The second-order valence-electron chi connectivity index (χ2n) is 5.22. The molecule has 1 fully saturated rings. The van der Waals surface area contributed by atoms with E-state index in [0.717, 1.165) is 25.0 Å². The lowest BCUT2D eigenvalue weighted by Gasteiger charge is -2.48. The average molecular weight is 249 g/mol. The van der Waals surface area contributed by atoms with Crippen LogP contribution in [0.2, 0.25) is 0 Å². The van der Waals surface area contributed by atoms with E-state index < -0.39 is 5.60 Å². The third-order valence-corrected chi connectivity index (χ3v) is 4.35. The van der Waals surface area contributed by atoms with Crippen molar-refractivity contribution < 1.29 is 9.84 Å². The Kier molecular flexibility index (Phi) is 4.05. The second kappa shape index (κ2) is 5.39. The molecule has 1 aromatic carbocycles. The minimum absolute atomic E-state index is 0.360. The van der Waals surface area contributed by atoms with Crippen LogP contribution in [0.3, 0.4) is 0 Å². The molecule has 1 aliphatic heterocycles. The first-order chi connectivity index (χ1) is 8.68. The van der Waals surface area contributed by atoms with E-state index in [2.05, 4.69) is 0 Å². The lowest BCUT2D eigenvalue weighted by atomic mass is 9.64. The Morgan fingerprint density at radius 2 is 2.11 bits per heavy atom. The van der Waals surface area contributed by atoms with Crippen LogP contribution in [0.5, 0.6) is 0 Å². The standard InChI is InChI=1S/C15H23NO2/c1-2-15(17,13-7-4-3-5-8-13)14(11-16)9-6-10-18-12-14/h3-5,7-8,17H,2,6,9-12,16H2,1H3. The SMILES string of the molecule is CCC(O)(c1ccccc1)C1(CN)CCCOC1. The van der Waals surface area contributed by atoms with Gasteiger partial charge >= 0.3 is 0 Å². The van der Waals surface area contributed by atoms with Crippen LogP contribution < -0.4 is 5.73 Å². The van der Waals surface area contributed by atoms with Crippen molar-refractivity contribution in [3.8, 4) is 0 Å². The highest BCUT2D eigenvalue weighted by Crippen LogP contribution is 2.47. The molecule has 2 unspecified atom stereocenters. The molecule has 0 saturated carbocycles. The second-order valence-corrected chi connectivity index (χ2v) is 5.22. The molecule has 18 heavy (non-hydrogen) atoms. The van der Waals surface area contributed by atoms with Crippen molar-refractivity contribution in [1.82, 2.24) is 0 Å². The minimum Gasteiger partial charge on any atom is -0.384 e. The molecule has 0 aromatic heterocycles. The lowest BCUT2D eigenvalue weighted by molar-refractivity contribution is -0.151. The summed E-state index contributed by atoms with van der Waals surface area (Å²) in [7, 11) is 0. The number of aliphatic hydroxyl groups is 1. The van der Waals surface area contributed by atoms with E-state index in [1.54, 1.807) is 0 Å². The van der Waals surface area contributed by atoms with Crippen molar-refractivity contribution >= 4 is 0 Å². The van der Waals surface area contributed by atoms with Gasteiger partial charge in [0.2, 0.25) is 0 Å². The molecule has 0 aliphatic carbocycles. The first kappa shape index (κ1) is 13.5. The Balaban J connectivity index is 2.41. The van der Waals surface area contributed by atoms with Gasteiger partial charge in [0.05, 0.1) is 12.2 Å². The third-order valence-electron chi connectivity index (χ3n) is 4.35. The number of benzene rings is 1. The van der Waals surface area contributed by atoms with Gasteiger partial charge in [-0.1, -0.05) is 37.3 Å². The van der Waals surface area contributed by atoms with Crippen LogP contribution >= 0.6 is 0 Å². The Morgan fingerprint density at radius 1 is 1.39 bits per heavy atom. The van der Waals surface area contributed by atoms with Gasteiger partial charge in [-0.15, -0.1) is 0 Å². The zero-order valence-corrected chi connectivity index (χ0v) is 11.1. The lowest BCUT2D eigenvalue weighted by Crippen LogP contribution is -2.54. The fraction of sp³-hybridized carbons (Fsp3) is 0.600. The van der Waals surface area contributed by atoms with Crippen molar-refractivity contribution in [2.75, 3.05) is 19.8 Å². The summed E-state index contributed by atoms with van der Waals surface area (Å²) in [4.78, 5) is 0. The average Bonchev–Trinajstić information content (AvgIpc) is 2.48. The molecule has 100 valence electrons. The van der Waals surface area contributed by atoms with Gasteiger partial charge < -0.3 is 15.6 Å². The van der Waals surface area contributed by atoms with Gasteiger partial charge in [-0.3, -0.25) is 0 Å². The van der Waals surface area contributed by atoms with Crippen molar-refractivity contribution in [1.29, 1.82) is 0 Å². The van der Waals surface area contributed by atoms with E-state index in [1.807, 2.05) is 37.3 Å². The summed E-state index contributed by atoms with van der Waals surface area (Å²) in [6.07, 6.45) is 2.53. The van der Waals surface area contributed by atoms with Crippen molar-refractivity contribution in [3.63, 3.8) is 0 Å². The van der Waals surface area contributed by atoms with Gasteiger partial charge in [0.25, 0.3) is 0 Å². The predicted molar refractivity (Wildman–Crippen MR) is 72.2 cm³/mol. The summed E-state index contributed by atoms with van der Waals surface area (Å²) in [6.45, 7) is 3.78. The molecule has 0 spiro atoms. The molecule has 2 atom stereocenters. The van der Waals surface area contributed by atoms with E-state index in [-0.39, 0.29) is 5.41 Å². The molecule has 1 aromatic rings. The molecular weight excluding hydrogens is 226 g/mol. The molecule has 1 heterocycles. The zero-order valence-electron chi connectivity index (χ0n) is 11.1. The largest absolute Gasteiger partial charge is 0.384 e. The maximum Gasteiger partial charge on any atom is 0.0984 e. The van der Waals surface area contributed by atoms with Crippen LogP contribution in [0, 0.1) is 5.41 Å².